The molecule has 1 aromatic heterocycles. The summed E-state index contributed by atoms with van der Waals surface area (Å²) in [5.74, 6) is 0. The molecule has 27 heavy (non-hydrogen) atoms. The number of benzene rings is 3. The quantitative estimate of drug-likeness (QED) is 0.419. The van der Waals surface area contributed by atoms with Crippen LogP contribution < -0.4 is 16.6 Å². The summed E-state index contributed by atoms with van der Waals surface area (Å²) in [5, 5.41) is 14.7. The number of H-pyrrole nitrogens is 1. The highest BCUT2D eigenvalue weighted by Crippen LogP contribution is 2.30. The first kappa shape index (κ1) is 17.0. The predicted octanol–water partition coefficient (Wildman–Crippen LogP) is 2.10. The number of aromatic nitrogens is 2. The fourth-order valence-electron chi connectivity index (χ4n) is 3.06. The van der Waals surface area contributed by atoms with Crippen molar-refractivity contribution in [3.05, 3.63) is 100 Å². The van der Waals surface area contributed by atoms with Crippen molar-refractivity contribution < 1.29 is 10.8 Å². The Kier molecular flexibility index (Phi) is 4.19. The van der Waals surface area contributed by atoms with Crippen molar-refractivity contribution in [2.75, 3.05) is 5.32 Å². The number of para-hydroxylation sites is 3. The molecule has 6 heteroatoms. The SMILES string of the molecule is [NH3+]c1ccccc1NC(O)(c1ccccc1)c1nc2ccccc2[nH]c1=O. The van der Waals surface area contributed by atoms with Crippen LogP contribution in [0.25, 0.3) is 11.0 Å². The van der Waals surface area contributed by atoms with Crippen molar-refractivity contribution in [2.45, 2.75) is 5.72 Å². The lowest BCUT2D eigenvalue weighted by Crippen LogP contribution is -2.45. The Morgan fingerprint density at radius 2 is 1.59 bits per heavy atom. The van der Waals surface area contributed by atoms with E-state index in [1.807, 2.05) is 36.4 Å². The van der Waals surface area contributed by atoms with Gasteiger partial charge >= 0.3 is 0 Å². The number of anilines is 1. The second-order valence-corrected chi connectivity index (χ2v) is 6.29. The molecule has 0 aliphatic carbocycles. The first-order chi connectivity index (χ1) is 13.1. The maximum absolute atomic E-state index is 12.8. The molecule has 4 rings (SSSR count). The Morgan fingerprint density at radius 3 is 2.37 bits per heavy atom. The van der Waals surface area contributed by atoms with Crippen LogP contribution >= 0.6 is 0 Å². The maximum Gasteiger partial charge on any atom is 0.275 e. The first-order valence-electron chi connectivity index (χ1n) is 8.54. The van der Waals surface area contributed by atoms with Crippen LogP contribution in [-0.2, 0) is 5.72 Å². The van der Waals surface area contributed by atoms with Gasteiger partial charge in [0, 0.05) is 11.6 Å². The molecular weight excluding hydrogens is 340 g/mol. The molecular formula is C21H19N4O2+. The number of aromatic amines is 1. The highest BCUT2D eigenvalue weighted by molar-refractivity contribution is 5.74. The van der Waals surface area contributed by atoms with Crippen molar-refractivity contribution in [1.82, 2.24) is 9.97 Å². The van der Waals surface area contributed by atoms with Gasteiger partial charge in [0.1, 0.15) is 0 Å². The molecule has 6 nitrogen and oxygen atoms in total. The zero-order valence-corrected chi connectivity index (χ0v) is 14.5. The zero-order chi connectivity index (χ0) is 18.9. The number of nitrogens with one attached hydrogen (secondary N) is 2. The minimum atomic E-state index is -1.83. The first-order valence-corrected chi connectivity index (χ1v) is 8.54. The van der Waals surface area contributed by atoms with Gasteiger partial charge in [-0.2, -0.15) is 0 Å². The second-order valence-electron chi connectivity index (χ2n) is 6.29. The maximum atomic E-state index is 12.8. The van der Waals surface area contributed by atoms with Gasteiger partial charge in [0.25, 0.3) is 5.56 Å². The van der Waals surface area contributed by atoms with E-state index in [4.69, 9.17) is 0 Å². The van der Waals surface area contributed by atoms with Gasteiger partial charge in [0.05, 0.1) is 16.7 Å². The predicted molar refractivity (Wildman–Crippen MR) is 104 cm³/mol. The lowest BCUT2D eigenvalue weighted by Gasteiger charge is -2.29. The summed E-state index contributed by atoms with van der Waals surface area (Å²) in [6, 6.07) is 23.5. The smallest absolute Gasteiger partial charge is 0.275 e. The highest BCUT2D eigenvalue weighted by Gasteiger charge is 2.37. The number of hydrogen-bond acceptors (Lipinski definition) is 4. The Balaban J connectivity index is 1.95. The number of quaternary nitrogens is 1. The number of nitrogens with zero attached hydrogens (tertiary/aromatic N) is 1. The molecule has 1 atom stereocenters. The molecule has 3 aromatic carbocycles. The molecule has 0 aliphatic heterocycles. The molecule has 0 aliphatic rings. The fraction of sp³-hybridized carbons (Fsp3) is 0.0476. The third-order valence-corrected chi connectivity index (χ3v) is 4.47. The third kappa shape index (κ3) is 3.08. The Labute approximate surface area is 155 Å². The summed E-state index contributed by atoms with van der Waals surface area (Å²) < 4.78 is 0. The molecule has 1 heterocycles. The molecule has 0 saturated carbocycles. The Hall–Kier alpha value is -3.48. The van der Waals surface area contributed by atoms with Gasteiger partial charge in [-0.3, -0.25) is 4.79 Å². The third-order valence-electron chi connectivity index (χ3n) is 4.47. The minimum Gasteiger partial charge on any atom is -0.362 e. The molecule has 1 unspecified atom stereocenters. The largest absolute Gasteiger partial charge is 0.362 e. The van der Waals surface area contributed by atoms with E-state index in [0.29, 0.717) is 28.0 Å². The minimum absolute atomic E-state index is 0.0318. The molecule has 6 N–H and O–H groups in total. The van der Waals surface area contributed by atoms with Crippen LogP contribution in [0.5, 0.6) is 0 Å². The van der Waals surface area contributed by atoms with Gasteiger partial charge in [-0.25, -0.2) is 4.98 Å². The molecule has 134 valence electrons. The summed E-state index contributed by atoms with van der Waals surface area (Å²) in [5.41, 5.74) is 4.67. The Bertz CT molecular complexity index is 1160. The van der Waals surface area contributed by atoms with Gasteiger partial charge in [0.2, 0.25) is 5.72 Å². The number of fused-ring (bicyclic) bond motifs is 1. The molecule has 0 bridgehead atoms. The van der Waals surface area contributed by atoms with E-state index in [1.54, 1.807) is 42.5 Å². The number of aliphatic hydroxyl groups is 1. The van der Waals surface area contributed by atoms with E-state index in [1.165, 1.54) is 0 Å². The van der Waals surface area contributed by atoms with Crippen LogP contribution in [0.3, 0.4) is 0 Å². The van der Waals surface area contributed by atoms with Gasteiger partial charge in [-0.05, 0) is 18.2 Å². The monoisotopic (exact) mass is 359 g/mol. The standard InChI is InChI=1S/C21H18N4O2/c22-15-10-4-5-11-16(15)25-21(27,14-8-2-1-3-9-14)19-20(26)24-18-13-7-6-12-17(18)23-19/h1-13,25,27H,22H2,(H,24,26)/p+1. The van der Waals surface area contributed by atoms with Crippen LogP contribution in [0.1, 0.15) is 11.3 Å². The average Bonchev–Trinajstić information content (AvgIpc) is 2.70. The van der Waals surface area contributed by atoms with E-state index in [-0.39, 0.29) is 5.69 Å². The van der Waals surface area contributed by atoms with Crippen LogP contribution in [-0.4, -0.2) is 15.1 Å². The summed E-state index contributed by atoms with van der Waals surface area (Å²) in [7, 11) is 0. The molecule has 0 saturated heterocycles. The molecule has 0 amide bonds. The number of rotatable bonds is 4. The van der Waals surface area contributed by atoms with Crippen molar-refractivity contribution in [3.63, 3.8) is 0 Å². The van der Waals surface area contributed by atoms with Gasteiger partial charge in [0.15, 0.2) is 11.4 Å². The van der Waals surface area contributed by atoms with Gasteiger partial charge in [-0.15, -0.1) is 0 Å². The summed E-state index contributed by atoms with van der Waals surface area (Å²) >= 11 is 0. The van der Waals surface area contributed by atoms with Gasteiger partial charge in [-0.1, -0.05) is 54.6 Å². The van der Waals surface area contributed by atoms with Crippen LogP contribution in [0.15, 0.2) is 83.7 Å². The van der Waals surface area contributed by atoms with E-state index < -0.39 is 11.3 Å². The van der Waals surface area contributed by atoms with Crippen LogP contribution in [0.4, 0.5) is 11.4 Å². The van der Waals surface area contributed by atoms with Crippen LogP contribution in [0, 0.1) is 0 Å². The highest BCUT2D eigenvalue weighted by atomic mass is 16.3. The zero-order valence-electron chi connectivity index (χ0n) is 14.5. The molecule has 0 radical (unpaired) electrons. The Morgan fingerprint density at radius 1 is 0.926 bits per heavy atom. The summed E-state index contributed by atoms with van der Waals surface area (Å²) in [6.07, 6.45) is 0. The van der Waals surface area contributed by atoms with E-state index >= 15 is 0 Å². The van der Waals surface area contributed by atoms with Gasteiger partial charge < -0.3 is 21.1 Å². The normalized spacial score (nSPS) is 13.3. The summed E-state index contributed by atoms with van der Waals surface area (Å²) in [6.45, 7) is 0. The molecule has 0 fully saturated rings. The molecule has 4 aromatic rings. The van der Waals surface area contributed by atoms with Crippen molar-refractivity contribution in [1.29, 1.82) is 0 Å². The second kappa shape index (κ2) is 6.68. The lowest BCUT2D eigenvalue weighted by atomic mass is 9.98. The molecule has 0 spiro atoms. The van der Waals surface area contributed by atoms with Crippen molar-refractivity contribution >= 4 is 22.4 Å². The van der Waals surface area contributed by atoms with Crippen molar-refractivity contribution in [3.8, 4) is 0 Å². The fourth-order valence-corrected chi connectivity index (χ4v) is 3.06. The van der Waals surface area contributed by atoms with Crippen LogP contribution in [0.2, 0.25) is 0 Å². The summed E-state index contributed by atoms with van der Waals surface area (Å²) in [4.78, 5) is 20.1. The average molecular weight is 359 g/mol. The van der Waals surface area contributed by atoms with E-state index in [9.17, 15) is 9.90 Å². The topological polar surface area (TPSA) is 106 Å². The number of hydrogen-bond donors (Lipinski definition) is 4. The van der Waals surface area contributed by atoms with Crippen molar-refractivity contribution in [2.24, 2.45) is 0 Å². The van der Waals surface area contributed by atoms with E-state index in [2.05, 4.69) is 21.0 Å². The van der Waals surface area contributed by atoms with E-state index in [0.717, 1.165) is 0 Å². The lowest BCUT2D eigenvalue weighted by molar-refractivity contribution is -0.253.